The zero-order valence-electron chi connectivity index (χ0n) is 7.16. The molecule has 0 aromatic heterocycles. The van der Waals surface area contributed by atoms with Gasteiger partial charge in [0.25, 0.3) is 0 Å². The van der Waals surface area contributed by atoms with E-state index in [1.165, 1.54) is 5.56 Å². The van der Waals surface area contributed by atoms with E-state index in [-0.39, 0.29) is 0 Å². The molecule has 0 aliphatic rings. The second kappa shape index (κ2) is 5.54. The molecule has 1 aromatic rings. The monoisotopic (exact) mass is 276 g/mol. The molecule has 0 heterocycles. The number of benzene rings is 1. The van der Waals surface area contributed by atoms with Gasteiger partial charge >= 0.3 is 0 Å². The van der Waals surface area contributed by atoms with Crippen molar-refractivity contribution in [1.29, 1.82) is 0 Å². The van der Waals surface area contributed by atoms with E-state index in [0.717, 1.165) is 13.0 Å². The molecule has 0 aliphatic heterocycles. The van der Waals surface area contributed by atoms with Crippen LogP contribution in [0.3, 0.4) is 0 Å². The fourth-order valence-electron chi connectivity index (χ4n) is 1.18. The van der Waals surface area contributed by atoms with Crippen LogP contribution in [0, 0.1) is 5.92 Å². The van der Waals surface area contributed by atoms with Gasteiger partial charge in [-0.15, -0.1) is 0 Å². The van der Waals surface area contributed by atoms with E-state index in [2.05, 4.69) is 31.2 Å². The largest absolute Gasteiger partial charge is 0.316 e. The van der Waals surface area contributed by atoms with Gasteiger partial charge in [0.05, 0.1) is 6.61 Å². The Kier molecular flexibility index (Phi) is 4.61. The second-order valence-electron chi connectivity index (χ2n) is 3.07. The van der Waals surface area contributed by atoms with Crippen molar-refractivity contribution in [3.05, 3.63) is 35.9 Å². The first kappa shape index (κ1) is 9.99. The topological polar surface area (TPSA) is 9.23 Å². The van der Waals surface area contributed by atoms with E-state index in [0.29, 0.717) is 5.92 Å². The number of hydrogen-bond donors (Lipinski definition) is 0. The highest BCUT2D eigenvalue weighted by atomic mass is 127. The molecule has 0 fully saturated rings. The molecule has 0 bridgehead atoms. The van der Waals surface area contributed by atoms with E-state index in [4.69, 9.17) is 3.07 Å². The lowest BCUT2D eigenvalue weighted by atomic mass is 10.0. The molecule has 12 heavy (non-hydrogen) atoms. The molecular weight excluding hydrogens is 263 g/mol. The van der Waals surface area contributed by atoms with Gasteiger partial charge in [0.2, 0.25) is 0 Å². The van der Waals surface area contributed by atoms with Crippen LogP contribution in [0.1, 0.15) is 12.5 Å². The Labute approximate surface area is 87.8 Å². The quantitative estimate of drug-likeness (QED) is 0.767. The summed E-state index contributed by atoms with van der Waals surface area (Å²) in [6.45, 7) is 3.03. The molecule has 0 radical (unpaired) electrons. The molecule has 0 aliphatic carbocycles. The fourth-order valence-corrected chi connectivity index (χ4v) is 1.80. The number of hydrogen-bond acceptors (Lipinski definition) is 1. The van der Waals surface area contributed by atoms with Crippen molar-refractivity contribution in [2.24, 2.45) is 5.92 Å². The smallest absolute Gasteiger partial charge is 0.109 e. The van der Waals surface area contributed by atoms with Gasteiger partial charge in [0.15, 0.2) is 0 Å². The Morgan fingerprint density at radius 1 is 1.33 bits per heavy atom. The van der Waals surface area contributed by atoms with Crippen LogP contribution in [0.4, 0.5) is 0 Å². The Hall–Kier alpha value is -0.0900. The molecule has 0 N–H and O–H groups in total. The standard InChI is InChI=1S/C10H13IO/c1-9(8-12-11)7-10-5-3-2-4-6-10/h2-6,9H,7-8H2,1H3. The summed E-state index contributed by atoms with van der Waals surface area (Å²) in [5, 5.41) is 0. The maximum atomic E-state index is 5.05. The molecule has 1 nitrogen and oxygen atoms in total. The normalized spacial score (nSPS) is 12.8. The lowest BCUT2D eigenvalue weighted by Gasteiger charge is -2.08. The lowest BCUT2D eigenvalue weighted by Crippen LogP contribution is -2.04. The van der Waals surface area contributed by atoms with E-state index in [9.17, 15) is 0 Å². The van der Waals surface area contributed by atoms with Crippen LogP contribution in [0.5, 0.6) is 0 Å². The van der Waals surface area contributed by atoms with Crippen molar-refractivity contribution in [2.75, 3.05) is 6.61 Å². The molecule has 1 atom stereocenters. The molecule has 1 unspecified atom stereocenters. The summed E-state index contributed by atoms with van der Waals surface area (Å²) in [5.41, 5.74) is 1.39. The van der Waals surface area contributed by atoms with Crippen LogP contribution in [-0.4, -0.2) is 6.61 Å². The molecule has 0 amide bonds. The molecular formula is C10H13IO. The highest BCUT2D eigenvalue weighted by Crippen LogP contribution is 2.09. The fraction of sp³-hybridized carbons (Fsp3) is 0.400. The lowest BCUT2D eigenvalue weighted by molar-refractivity contribution is 0.338. The summed E-state index contributed by atoms with van der Waals surface area (Å²) in [6.07, 6.45) is 1.10. The Bertz CT molecular complexity index is 210. The van der Waals surface area contributed by atoms with Gasteiger partial charge in [-0.1, -0.05) is 37.3 Å². The summed E-state index contributed by atoms with van der Waals surface area (Å²) in [4.78, 5) is 0. The van der Waals surface area contributed by atoms with Crippen molar-refractivity contribution >= 4 is 23.0 Å². The zero-order valence-corrected chi connectivity index (χ0v) is 9.32. The SMILES string of the molecule is CC(COI)Cc1ccccc1. The maximum absolute atomic E-state index is 5.05. The first-order chi connectivity index (χ1) is 5.83. The van der Waals surface area contributed by atoms with Crippen LogP contribution < -0.4 is 0 Å². The molecule has 2 heteroatoms. The van der Waals surface area contributed by atoms with Crippen LogP contribution in [-0.2, 0) is 9.49 Å². The van der Waals surface area contributed by atoms with Crippen LogP contribution in [0.2, 0.25) is 0 Å². The van der Waals surface area contributed by atoms with Crippen LogP contribution in [0.25, 0.3) is 0 Å². The van der Waals surface area contributed by atoms with E-state index >= 15 is 0 Å². The summed E-state index contributed by atoms with van der Waals surface area (Å²) in [7, 11) is 0. The van der Waals surface area contributed by atoms with Crippen molar-refractivity contribution in [3.8, 4) is 0 Å². The molecule has 0 spiro atoms. The first-order valence-electron chi connectivity index (χ1n) is 4.10. The van der Waals surface area contributed by atoms with Crippen molar-refractivity contribution < 1.29 is 3.07 Å². The van der Waals surface area contributed by atoms with Crippen molar-refractivity contribution in [2.45, 2.75) is 13.3 Å². The molecule has 1 rings (SSSR count). The molecule has 0 saturated heterocycles. The predicted octanol–water partition coefficient (Wildman–Crippen LogP) is 3.23. The molecule has 0 saturated carbocycles. The average Bonchev–Trinajstić information content (AvgIpc) is 2.06. The number of rotatable bonds is 4. The van der Waals surface area contributed by atoms with Crippen molar-refractivity contribution in [3.63, 3.8) is 0 Å². The summed E-state index contributed by atoms with van der Waals surface area (Å²) < 4.78 is 5.05. The van der Waals surface area contributed by atoms with Gasteiger partial charge in [-0.05, 0) is 17.9 Å². The second-order valence-corrected chi connectivity index (χ2v) is 3.69. The van der Waals surface area contributed by atoms with Crippen molar-refractivity contribution in [1.82, 2.24) is 0 Å². The molecule has 66 valence electrons. The Balaban J connectivity index is 2.41. The summed E-state index contributed by atoms with van der Waals surface area (Å²) in [6, 6.07) is 10.5. The predicted molar refractivity (Wildman–Crippen MR) is 59.3 cm³/mol. The van der Waals surface area contributed by atoms with Gasteiger partial charge in [-0.25, -0.2) is 0 Å². The third kappa shape index (κ3) is 3.54. The Morgan fingerprint density at radius 3 is 2.58 bits per heavy atom. The summed E-state index contributed by atoms with van der Waals surface area (Å²) in [5.74, 6) is 0.601. The van der Waals surface area contributed by atoms with Gasteiger partial charge in [-0.3, -0.25) is 0 Å². The maximum Gasteiger partial charge on any atom is 0.109 e. The zero-order chi connectivity index (χ0) is 8.81. The minimum Gasteiger partial charge on any atom is -0.316 e. The van der Waals surface area contributed by atoms with Gasteiger partial charge in [0.1, 0.15) is 23.0 Å². The van der Waals surface area contributed by atoms with Gasteiger partial charge in [-0.2, -0.15) is 0 Å². The number of halogens is 1. The van der Waals surface area contributed by atoms with E-state index in [1.807, 2.05) is 29.1 Å². The first-order valence-corrected chi connectivity index (χ1v) is 4.98. The highest BCUT2D eigenvalue weighted by molar-refractivity contribution is 14.1. The molecule has 1 aromatic carbocycles. The van der Waals surface area contributed by atoms with Crippen LogP contribution >= 0.6 is 23.0 Å². The summed E-state index contributed by atoms with van der Waals surface area (Å²) >= 11 is 1.95. The van der Waals surface area contributed by atoms with E-state index in [1.54, 1.807) is 0 Å². The van der Waals surface area contributed by atoms with Crippen LogP contribution in [0.15, 0.2) is 30.3 Å². The minimum atomic E-state index is 0.601. The average molecular weight is 276 g/mol. The third-order valence-electron chi connectivity index (χ3n) is 1.77. The third-order valence-corrected chi connectivity index (χ3v) is 2.13. The Morgan fingerprint density at radius 2 is 2.00 bits per heavy atom. The highest BCUT2D eigenvalue weighted by Gasteiger charge is 2.02. The minimum absolute atomic E-state index is 0.601. The van der Waals surface area contributed by atoms with Gasteiger partial charge in [0, 0.05) is 0 Å². The van der Waals surface area contributed by atoms with E-state index < -0.39 is 0 Å². The van der Waals surface area contributed by atoms with Gasteiger partial charge < -0.3 is 3.07 Å².